The number of carbonyl (C=O) groups excluding carboxylic acids is 1. The average Bonchev–Trinajstić information content (AvgIpc) is 3.25. The molecule has 0 aromatic rings. The van der Waals surface area contributed by atoms with Crippen LogP contribution in [0.15, 0.2) is 30.0 Å². The van der Waals surface area contributed by atoms with E-state index in [4.69, 9.17) is 23.7 Å². The van der Waals surface area contributed by atoms with Crippen LogP contribution in [0.5, 0.6) is 0 Å². The number of unbranched alkanes of at least 4 members (excludes halogenated alkanes) is 1. The van der Waals surface area contributed by atoms with Crippen LogP contribution in [0.4, 0.5) is 0 Å². The first-order valence-electron chi connectivity index (χ1n) is 15.7. The fraction of sp³-hybridized carbons (Fsp3) is 0.818. The van der Waals surface area contributed by atoms with Crippen LogP contribution in [-0.4, -0.2) is 62.3 Å². The maximum atomic E-state index is 11.4. The van der Waals surface area contributed by atoms with Crippen molar-refractivity contribution < 1.29 is 33.6 Å². The lowest BCUT2D eigenvalue weighted by Gasteiger charge is -2.36. The lowest BCUT2D eigenvalue weighted by Crippen LogP contribution is -2.37. The standard InChI is InChI=1S/C33H54O7/c1-5-6-21-33(2,3)29(40-32-18-12-14-23-38-32)20-19-26-25(15-9-7-8-10-16-30(35)36-4)27(34)24-28(26)39-31-17-11-13-22-37-31/h8-9,19-20,25-29,31-32,34H,5-6,10-18,21-24H2,1-4H3/t7?,25-,26-,27-,28-,29-,31?,32?/m1/s1. The topological polar surface area (TPSA) is 83.5 Å². The zero-order chi connectivity index (χ0) is 28.8. The number of allylic oxidation sites excluding steroid dienone is 1. The molecule has 1 aliphatic carbocycles. The van der Waals surface area contributed by atoms with Crippen LogP contribution >= 0.6 is 0 Å². The second kappa shape index (κ2) is 17.5. The number of ether oxygens (including phenoxy) is 5. The molecule has 7 atom stereocenters. The second-order valence-corrected chi connectivity index (χ2v) is 12.3. The van der Waals surface area contributed by atoms with Crippen molar-refractivity contribution in [2.75, 3.05) is 20.3 Å². The van der Waals surface area contributed by atoms with Crippen molar-refractivity contribution in [3.8, 4) is 0 Å². The van der Waals surface area contributed by atoms with Crippen LogP contribution < -0.4 is 0 Å². The first-order chi connectivity index (χ1) is 19.3. The molecule has 3 fully saturated rings. The Morgan fingerprint density at radius 3 is 2.48 bits per heavy atom. The molecule has 2 saturated heterocycles. The molecule has 0 amide bonds. The van der Waals surface area contributed by atoms with Crippen LogP contribution in [0.3, 0.4) is 0 Å². The maximum absolute atomic E-state index is 11.4. The van der Waals surface area contributed by atoms with E-state index < -0.39 is 6.10 Å². The van der Waals surface area contributed by atoms with Gasteiger partial charge in [-0.1, -0.05) is 45.8 Å². The molecular weight excluding hydrogens is 508 g/mol. The third-order valence-electron chi connectivity index (χ3n) is 8.59. The van der Waals surface area contributed by atoms with Gasteiger partial charge in [-0.05, 0) is 81.3 Å². The van der Waals surface area contributed by atoms with Gasteiger partial charge in [-0.2, -0.15) is 0 Å². The molecule has 2 heterocycles. The van der Waals surface area contributed by atoms with Crippen LogP contribution in [0.2, 0.25) is 0 Å². The summed E-state index contributed by atoms with van der Waals surface area (Å²) in [5.74, 6) is -0.206. The van der Waals surface area contributed by atoms with Crippen LogP contribution in [0.1, 0.15) is 104 Å². The molecule has 0 bridgehead atoms. The molecule has 1 saturated carbocycles. The smallest absolute Gasteiger partial charge is 0.305 e. The van der Waals surface area contributed by atoms with E-state index in [1.54, 1.807) is 0 Å². The third-order valence-corrected chi connectivity index (χ3v) is 8.59. The van der Waals surface area contributed by atoms with Gasteiger partial charge in [-0.3, -0.25) is 4.79 Å². The van der Waals surface area contributed by atoms with Gasteiger partial charge in [0.1, 0.15) is 0 Å². The van der Waals surface area contributed by atoms with E-state index in [0.717, 1.165) is 71.0 Å². The van der Waals surface area contributed by atoms with E-state index in [0.29, 0.717) is 25.7 Å². The molecule has 2 unspecified atom stereocenters. The van der Waals surface area contributed by atoms with Gasteiger partial charge in [0.2, 0.25) is 0 Å². The Kier molecular flexibility index (Phi) is 14.4. The predicted molar refractivity (Wildman–Crippen MR) is 155 cm³/mol. The number of rotatable bonds is 15. The number of esters is 1. The van der Waals surface area contributed by atoms with Crippen LogP contribution in [0, 0.1) is 17.3 Å². The summed E-state index contributed by atoms with van der Waals surface area (Å²) in [6, 6.07) is 0. The van der Waals surface area contributed by atoms with Gasteiger partial charge >= 0.3 is 5.97 Å². The van der Waals surface area contributed by atoms with Crippen molar-refractivity contribution in [3.05, 3.63) is 30.0 Å². The third kappa shape index (κ3) is 10.7. The summed E-state index contributed by atoms with van der Waals surface area (Å²) in [6.07, 6.45) is 19.0. The molecule has 0 aromatic carbocycles. The van der Waals surface area contributed by atoms with E-state index in [2.05, 4.69) is 38.7 Å². The van der Waals surface area contributed by atoms with Gasteiger partial charge in [0.25, 0.3) is 0 Å². The van der Waals surface area contributed by atoms with E-state index in [1.807, 2.05) is 12.2 Å². The Bertz CT molecular complexity index is 819. The summed E-state index contributed by atoms with van der Waals surface area (Å²) in [6.45, 7) is 8.28. The minimum atomic E-state index is -0.481. The molecule has 3 rings (SSSR count). The molecular formula is C33H54O7. The summed E-state index contributed by atoms with van der Waals surface area (Å²) in [5.41, 5.74) is 3.15. The molecule has 228 valence electrons. The monoisotopic (exact) mass is 562 g/mol. The lowest BCUT2D eigenvalue weighted by atomic mass is 9.80. The van der Waals surface area contributed by atoms with Gasteiger partial charge in [-0.25, -0.2) is 0 Å². The minimum absolute atomic E-state index is 0.00307. The fourth-order valence-corrected chi connectivity index (χ4v) is 5.98. The summed E-state index contributed by atoms with van der Waals surface area (Å²) < 4.78 is 29.7. The number of aliphatic hydroxyl groups is 1. The predicted octanol–water partition coefficient (Wildman–Crippen LogP) is 6.63. The highest BCUT2D eigenvalue weighted by atomic mass is 16.7. The second-order valence-electron chi connectivity index (χ2n) is 12.3. The summed E-state index contributed by atoms with van der Waals surface area (Å²) in [4.78, 5) is 11.4. The van der Waals surface area contributed by atoms with Gasteiger partial charge in [0.05, 0.1) is 25.4 Å². The largest absolute Gasteiger partial charge is 0.469 e. The quantitative estimate of drug-likeness (QED) is 0.136. The highest BCUT2D eigenvalue weighted by molar-refractivity contribution is 5.69. The molecule has 0 radical (unpaired) electrons. The van der Waals surface area contributed by atoms with Crippen molar-refractivity contribution >= 4 is 5.97 Å². The lowest BCUT2D eigenvalue weighted by molar-refractivity contribution is -0.198. The summed E-state index contributed by atoms with van der Waals surface area (Å²) in [7, 11) is 1.40. The van der Waals surface area contributed by atoms with E-state index in [1.165, 1.54) is 7.11 Å². The number of methoxy groups -OCH3 is 1. The van der Waals surface area contributed by atoms with Crippen molar-refractivity contribution in [2.45, 2.75) is 135 Å². The van der Waals surface area contributed by atoms with Crippen molar-refractivity contribution in [1.82, 2.24) is 0 Å². The molecule has 0 aromatic heterocycles. The summed E-state index contributed by atoms with van der Waals surface area (Å²) >= 11 is 0. The first-order valence-corrected chi connectivity index (χ1v) is 15.7. The molecule has 2 aliphatic heterocycles. The normalized spacial score (nSPS) is 30.1. The fourth-order valence-electron chi connectivity index (χ4n) is 5.98. The maximum Gasteiger partial charge on any atom is 0.305 e. The Labute approximate surface area is 242 Å². The highest BCUT2D eigenvalue weighted by Gasteiger charge is 2.43. The zero-order valence-corrected chi connectivity index (χ0v) is 25.4. The van der Waals surface area contributed by atoms with Gasteiger partial charge < -0.3 is 28.8 Å². The number of hydrogen-bond donors (Lipinski definition) is 1. The number of carbonyl (C=O) groups is 1. The molecule has 0 spiro atoms. The summed E-state index contributed by atoms with van der Waals surface area (Å²) in [5, 5.41) is 11.1. The number of hydrogen-bond acceptors (Lipinski definition) is 7. The van der Waals surface area contributed by atoms with Crippen LogP contribution in [-0.2, 0) is 28.5 Å². The highest BCUT2D eigenvalue weighted by Crippen LogP contribution is 2.41. The SMILES string of the molecule is CCCCC(C)(C)[C@@H](C=C[C@@H]1[C@@H](CC=C=CCCC(=O)OC)[C@H](O)C[C@H]1OC1CCCCO1)OC1CCCCO1. The van der Waals surface area contributed by atoms with Gasteiger partial charge in [0, 0.05) is 32.0 Å². The van der Waals surface area contributed by atoms with Gasteiger partial charge in [-0.15, -0.1) is 5.73 Å². The Morgan fingerprint density at radius 2 is 1.82 bits per heavy atom. The molecule has 1 N–H and O–H groups in total. The van der Waals surface area contributed by atoms with Crippen molar-refractivity contribution in [3.63, 3.8) is 0 Å². The van der Waals surface area contributed by atoms with E-state index in [9.17, 15) is 9.90 Å². The van der Waals surface area contributed by atoms with Crippen molar-refractivity contribution in [2.24, 2.45) is 17.3 Å². The molecule has 7 nitrogen and oxygen atoms in total. The zero-order valence-electron chi connectivity index (χ0n) is 25.4. The van der Waals surface area contributed by atoms with Gasteiger partial charge in [0.15, 0.2) is 12.6 Å². The molecule has 3 aliphatic rings. The first kappa shape index (κ1) is 33.0. The van der Waals surface area contributed by atoms with E-state index in [-0.39, 0.29) is 48.0 Å². The Balaban J connectivity index is 1.77. The Hall–Kier alpha value is -1.47. The van der Waals surface area contributed by atoms with Crippen LogP contribution in [0.25, 0.3) is 0 Å². The average molecular weight is 563 g/mol. The Morgan fingerprint density at radius 1 is 1.10 bits per heavy atom. The molecule has 40 heavy (non-hydrogen) atoms. The van der Waals surface area contributed by atoms with Crippen molar-refractivity contribution in [1.29, 1.82) is 0 Å². The van der Waals surface area contributed by atoms with E-state index >= 15 is 0 Å². The minimum Gasteiger partial charge on any atom is -0.469 e. The number of aliphatic hydroxyl groups excluding tert-OH is 1. The molecule has 7 heteroatoms.